The summed E-state index contributed by atoms with van der Waals surface area (Å²) in [5.41, 5.74) is 0. The molecule has 0 fully saturated rings. The van der Waals surface area contributed by atoms with Gasteiger partial charge in [-0.1, -0.05) is 0 Å². The van der Waals surface area contributed by atoms with E-state index in [-0.39, 0.29) is 5.92 Å². The molecule has 14 heavy (non-hydrogen) atoms. The number of rotatable bonds is 8. The Morgan fingerprint density at radius 2 is 1.64 bits per heavy atom. The molecule has 1 atom stereocenters. The van der Waals surface area contributed by atoms with Crippen molar-refractivity contribution in [1.82, 2.24) is 0 Å². The normalized spacial score (nSPS) is 12.8. The maximum Gasteiger partial charge on any atom is 0.175 e. The zero-order chi connectivity index (χ0) is 10.8. The number of ether oxygens (including phenoxy) is 3. The molecule has 1 unspecified atom stereocenters. The minimum atomic E-state index is -0.471. The average molecular weight is 201 g/mol. The van der Waals surface area contributed by atoms with Crippen molar-refractivity contribution in [2.45, 2.75) is 27.1 Å². The lowest BCUT2D eigenvalue weighted by Gasteiger charge is -2.21. The molecule has 0 aromatic heterocycles. The first-order valence-electron chi connectivity index (χ1n) is 5.00. The van der Waals surface area contributed by atoms with E-state index in [1.54, 1.807) is 0 Å². The van der Waals surface area contributed by atoms with Gasteiger partial charge in [0.1, 0.15) is 5.92 Å². The Bertz CT molecular complexity index is 161. The van der Waals surface area contributed by atoms with E-state index in [1.165, 1.54) is 0 Å². The predicted octanol–water partition coefficient (Wildman–Crippen LogP) is 1.56. The Kier molecular flexibility index (Phi) is 8.54. The molecule has 0 heterocycles. The van der Waals surface area contributed by atoms with Gasteiger partial charge < -0.3 is 14.2 Å². The second kappa shape index (κ2) is 8.95. The first-order chi connectivity index (χ1) is 6.79. The third-order valence-electron chi connectivity index (χ3n) is 1.66. The zero-order valence-electron chi connectivity index (χ0n) is 9.16. The largest absolute Gasteiger partial charge is 0.380 e. The zero-order valence-corrected chi connectivity index (χ0v) is 9.16. The molecule has 0 aromatic rings. The number of hydrogen-bond donors (Lipinski definition) is 0. The minimum absolute atomic E-state index is 0.352. The molecule has 0 saturated heterocycles. The number of nitriles is 1. The average Bonchev–Trinajstić information content (AvgIpc) is 2.19. The van der Waals surface area contributed by atoms with E-state index >= 15 is 0 Å². The molecule has 0 rings (SSSR count). The summed E-state index contributed by atoms with van der Waals surface area (Å²) in [5, 5.41) is 8.89. The SMILES string of the molecule is CCOCC(C#N)C(OCC)OCC. The summed E-state index contributed by atoms with van der Waals surface area (Å²) in [7, 11) is 0. The van der Waals surface area contributed by atoms with Crippen LogP contribution in [0.25, 0.3) is 0 Å². The van der Waals surface area contributed by atoms with Gasteiger partial charge in [0.15, 0.2) is 6.29 Å². The fourth-order valence-corrected chi connectivity index (χ4v) is 1.03. The van der Waals surface area contributed by atoms with Gasteiger partial charge >= 0.3 is 0 Å². The summed E-state index contributed by atoms with van der Waals surface area (Å²) in [6.45, 7) is 7.68. The van der Waals surface area contributed by atoms with Gasteiger partial charge in [0.05, 0.1) is 12.7 Å². The Hall–Kier alpha value is -0.630. The van der Waals surface area contributed by atoms with Gasteiger partial charge in [0.25, 0.3) is 0 Å². The minimum Gasteiger partial charge on any atom is -0.380 e. The first-order valence-corrected chi connectivity index (χ1v) is 5.00. The van der Waals surface area contributed by atoms with Gasteiger partial charge in [-0.15, -0.1) is 0 Å². The first kappa shape index (κ1) is 13.4. The van der Waals surface area contributed by atoms with Crippen LogP contribution < -0.4 is 0 Å². The van der Waals surface area contributed by atoms with Crippen LogP contribution >= 0.6 is 0 Å². The van der Waals surface area contributed by atoms with Crippen LogP contribution in [-0.4, -0.2) is 32.7 Å². The van der Waals surface area contributed by atoms with Crippen molar-refractivity contribution in [3.63, 3.8) is 0 Å². The summed E-state index contributed by atoms with van der Waals surface area (Å²) < 4.78 is 15.8. The molecular weight excluding hydrogens is 182 g/mol. The Morgan fingerprint density at radius 3 is 2.00 bits per heavy atom. The second-order valence-electron chi connectivity index (χ2n) is 2.67. The molecule has 4 heteroatoms. The third-order valence-corrected chi connectivity index (χ3v) is 1.66. The highest BCUT2D eigenvalue weighted by atomic mass is 16.7. The highest BCUT2D eigenvalue weighted by molar-refractivity contribution is 4.85. The summed E-state index contributed by atoms with van der Waals surface area (Å²) in [5.74, 6) is -0.352. The van der Waals surface area contributed by atoms with Crippen molar-refractivity contribution < 1.29 is 14.2 Å². The van der Waals surface area contributed by atoms with E-state index in [4.69, 9.17) is 19.5 Å². The molecule has 0 amide bonds. The van der Waals surface area contributed by atoms with Crippen LogP contribution in [0.15, 0.2) is 0 Å². The molecule has 0 aliphatic carbocycles. The van der Waals surface area contributed by atoms with Gasteiger partial charge in [-0.3, -0.25) is 0 Å². The van der Waals surface area contributed by atoms with Gasteiger partial charge in [-0.2, -0.15) is 5.26 Å². The fraction of sp³-hybridized carbons (Fsp3) is 0.900. The Balaban J connectivity index is 4.05. The van der Waals surface area contributed by atoms with Crippen molar-refractivity contribution >= 4 is 0 Å². The molecule has 0 bridgehead atoms. The van der Waals surface area contributed by atoms with Crippen LogP contribution in [0.2, 0.25) is 0 Å². The van der Waals surface area contributed by atoms with Crippen LogP contribution in [0.4, 0.5) is 0 Å². The Labute approximate surface area is 85.8 Å². The van der Waals surface area contributed by atoms with Crippen LogP contribution in [0.1, 0.15) is 20.8 Å². The standard InChI is InChI=1S/C10H19NO3/c1-4-12-8-9(7-11)10(13-5-2)14-6-3/h9-10H,4-6,8H2,1-3H3. The Morgan fingerprint density at radius 1 is 1.07 bits per heavy atom. The molecule has 4 nitrogen and oxygen atoms in total. The topological polar surface area (TPSA) is 51.5 Å². The van der Waals surface area contributed by atoms with E-state index in [0.717, 1.165) is 0 Å². The van der Waals surface area contributed by atoms with Crippen molar-refractivity contribution in [2.24, 2.45) is 5.92 Å². The maximum absolute atomic E-state index is 8.89. The van der Waals surface area contributed by atoms with E-state index in [9.17, 15) is 0 Å². The van der Waals surface area contributed by atoms with E-state index < -0.39 is 6.29 Å². The van der Waals surface area contributed by atoms with Crippen LogP contribution in [-0.2, 0) is 14.2 Å². The smallest absolute Gasteiger partial charge is 0.175 e. The van der Waals surface area contributed by atoms with Crippen molar-refractivity contribution in [3.8, 4) is 6.07 Å². The van der Waals surface area contributed by atoms with Gasteiger partial charge in [0.2, 0.25) is 0 Å². The summed E-state index contributed by atoms with van der Waals surface area (Å²) in [6.07, 6.45) is -0.471. The molecule has 0 aromatic carbocycles. The summed E-state index contributed by atoms with van der Waals surface area (Å²) in [6, 6.07) is 2.13. The lowest BCUT2D eigenvalue weighted by atomic mass is 10.2. The number of hydrogen-bond acceptors (Lipinski definition) is 4. The second-order valence-corrected chi connectivity index (χ2v) is 2.67. The van der Waals surface area contributed by atoms with E-state index in [2.05, 4.69) is 6.07 Å². The van der Waals surface area contributed by atoms with E-state index in [0.29, 0.717) is 26.4 Å². The third kappa shape index (κ3) is 5.18. The van der Waals surface area contributed by atoms with Crippen molar-refractivity contribution in [2.75, 3.05) is 26.4 Å². The molecule has 82 valence electrons. The van der Waals surface area contributed by atoms with Gasteiger partial charge in [0, 0.05) is 19.8 Å². The molecule has 0 aliphatic heterocycles. The molecule has 0 radical (unpaired) electrons. The molecule has 0 aliphatic rings. The lowest BCUT2D eigenvalue weighted by molar-refractivity contribution is -0.165. The van der Waals surface area contributed by atoms with Crippen molar-refractivity contribution in [1.29, 1.82) is 5.26 Å². The molecule has 0 saturated carbocycles. The highest BCUT2D eigenvalue weighted by Crippen LogP contribution is 2.09. The van der Waals surface area contributed by atoms with Crippen LogP contribution in [0, 0.1) is 17.2 Å². The highest BCUT2D eigenvalue weighted by Gasteiger charge is 2.21. The predicted molar refractivity (Wildman–Crippen MR) is 52.6 cm³/mol. The quantitative estimate of drug-likeness (QED) is 0.559. The summed E-state index contributed by atoms with van der Waals surface area (Å²) >= 11 is 0. The van der Waals surface area contributed by atoms with Crippen LogP contribution in [0.3, 0.4) is 0 Å². The molecule has 0 N–H and O–H groups in total. The number of nitrogens with zero attached hydrogens (tertiary/aromatic N) is 1. The van der Waals surface area contributed by atoms with Gasteiger partial charge in [-0.25, -0.2) is 0 Å². The van der Waals surface area contributed by atoms with Crippen molar-refractivity contribution in [3.05, 3.63) is 0 Å². The maximum atomic E-state index is 8.89. The summed E-state index contributed by atoms with van der Waals surface area (Å²) in [4.78, 5) is 0. The van der Waals surface area contributed by atoms with E-state index in [1.807, 2.05) is 20.8 Å². The molecule has 0 spiro atoms. The lowest BCUT2D eigenvalue weighted by Crippen LogP contribution is -2.29. The van der Waals surface area contributed by atoms with Gasteiger partial charge in [-0.05, 0) is 20.8 Å². The van der Waals surface area contributed by atoms with Crippen LogP contribution in [0.5, 0.6) is 0 Å². The monoisotopic (exact) mass is 201 g/mol. The molecular formula is C10H19NO3. The fourth-order valence-electron chi connectivity index (χ4n) is 1.03.